The molecule has 178 valence electrons. The molecule has 1 aromatic carbocycles. The summed E-state index contributed by atoms with van der Waals surface area (Å²) in [5.74, 6) is 1.25. The zero-order valence-electron chi connectivity index (χ0n) is 19.9. The molecule has 1 saturated carbocycles. The monoisotopic (exact) mass is 453 g/mol. The maximum absolute atomic E-state index is 13.7. The molecule has 8 heteroatoms. The number of nitrogens with zero attached hydrogens (tertiary/aromatic N) is 4. The number of piperidine rings is 1. The normalized spacial score (nSPS) is 18.5. The molecule has 2 heterocycles. The topological polar surface area (TPSA) is 89.4 Å². The van der Waals surface area contributed by atoms with E-state index in [0.717, 1.165) is 49.8 Å². The number of benzene rings is 1. The molecule has 1 saturated heterocycles. The summed E-state index contributed by atoms with van der Waals surface area (Å²) in [4.78, 5) is 28.0. The predicted molar refractivity (Wildman–Crippen MR) is 125 cm³/mol. The molecule has 2 fully saturated rings. The van der Waals surface area contributed by atoms with Gasteiger partial charge in [-0.3, -0.25) is 9.59 Å². The molecule has 1 N–H and O–H groups in total. The van der Waals surface area contributed by atoms with Crippen LogP contribution in [0, 0.1) is 5.92 Å². The molecule has 1 aromatic heterocycles. The number of ether oxygens (including phenoxy) is 1. The Morgan fingerprint density at radius 3 is 2.42 bits per heavy atom. The molecule has 0 spiro atoms. The van der Waals surface area contributed by atoms with Crippen molar-refractivity contribution in [3.8, 4) is 5.75 Å². The van der Waals surface area contributed by atoms with Gasteiger partial charge >= 0.3 is 0 Å². The molecule has 2 aromatic rings. The number of nitrogens with one attached hydrogen (secondary N) is 1. The van der Waals surface area contributed by atoms with Crippen molar-refractivity contribution in [3.05, 3.63) is 41.7 Å². The van der Waals surface area contributed by atoms with Crippen LogP contribution in [0.15, 0.2) is 30.5 Å². The summed E-state index contributed by atoms with van der Waals surface area (Å²) in [6, 6.07) is 8.16. The molecule has 0 radical (unpaired) electrons. The SMILES string of the molecule is COc1ccc(C2(C(=O)N3CCC(n4cc(C(=O)NCC(C)C)nn4)CC3)CCCC2)cc1. The number of carbonyl (C=O) groups is 2. The van der Waals surface area contributed by atoms with Crippen molar-refractivity contribution >= 4 is 11.8 Å². The first-order valence-electron chi connectivity index (χ1n) is 12.1. The second kappa shape index (κ2) is 9.93. The standard InChI is InChI=1S/C25H35N5O3/c1-18(2)16-26-23(31)22-17-30(28-27-22)20-10-14-29(15-11-20)24(32)25(12-4-5-13-25)19-6-8-21(33-3)9-7-19/h6-9,17-18,20H,4-5,10-16H2,1-3H3,(H,26,31). The minimum atomic E-state index is -0.423. The lowest BCUT2D eigenvalue weighted by Gasteiger charge is -2.38. The van der Waals surface area contributed by atoms with E-state index in [0.29, 0.717) is 31.2 Å². The molecule has 8 nitrogen and oxygen atoms in total. The van der Waals surface area contributed by atoms with Crippen LogP contribution in [0.4, 0.5) is 0 Å². The zero-order chi connectivity index (χ0) is 23.4. The Morgan fingerprint density at radius 1 is 1.15 bits per heavy atom. The average molecular weight is 454 g/mol. The van der Waals surface area contributed by atoms with E-state index in [1.807, 2.05) is 17.0 Å². The average Bonchev–Trinajstić information content (AvgIpc) is 3.53. The van der Waals surface area contributed by atoms with Crippen molar-refractivity contribution in [1.82, 2.24) is 25.2 Å². The van der Waals surface area contributed by atoms with Gasteiger partial charge in [0, 0.05) is 19.6 Å². The van der Waals surface area contributed by atoms with Crippen LogP contribution in [0.2, 0.25) is 0 Å². The van der Waals surface area contributed by atoms with Crippen LogP contribution >= 0.6 is 0 Å². The first kappa shape index (κ1) is 23.3. The quantitative estimate of drug-likeness (QED) is 0.694. The molecule has 2 aliphatic rings. The molecule has 0 unspecified atom stereocenters. The number of rotatable bonds is 7. The summed E-state index contributed by atoms with van der Waals surface area (Å²) in [6.07, 6.45) is 7.30. The van der Waals surface area contributed by atoms with E-state index in [1.165, 1.54) is 0 Å². The van der Waals surface area contributed by atoms with Crippen LogP contribution in [-0.2, 0) is 10.2 Å². The van der Waals surface area contributed by atoms with E-state index < -0.39 is 5.41 Å². The summed E-state index contributed by atoms with van der Waals surface area (Å²) >= 11 is 0. The van der Waals surface area contributed by atoms with E-state index in [2.05, 4.69) is 41.6 Å². The van der Waals surface area contributed by atoms with Gasteiger partial charge in [-0.15, -0.1) is 5.10 Å². The third-order valence-corrected chi connectivity index (χ3v) is 7.05. The van der Waals surface area contributed by atoms with Crippen LogP contribution in [-0.4, -0.2) is 58.5 Å². The highest BCUT2D eigenvalue weighted by molar-refractivity contribution is 5.91. The largest absolute Gasteiger partial charge is 0.497 e. The number of hydrogen-bond acceptors (Lipinski definition) is 5. The summed E-state index contributed by atoms with van der Waals surface area (Å²) in [6.45, 7) is 6.10. The zero-order valence-corrected chi connectivity index (χ0v) is 19.9. The van der Waals surface area contributed by atoms with Crippen LogP contribution in [0.25, 0.3) is 0 Å². The van der Waals surface area contributed by atoms with Gasteiger partial charge in [-0.2, -0.15) is 0 Å². The summed E-state index contributed by atoms with van der Waals surface area (Å²) in [5.41, 5.74) is 1.02. The highest BCUT2D eigenvalue weighted by Gasteiger charge is 2.45. The minimum absolute atomic E-state index is 0.147. The Morgan fingerprint density at radius 2 is 1.82 bits per heavy atom. The second-order valence-electron chi connectivity index (χ2n) is 9.73. The Hall–Kier alpha value is -2.90. The smallest absolute Gasteiger partial charge is 0.273 e. The highest BCUT2D eigenvalue weighted by Crippen LogP contribution is 2.43. The Kier molecular flexibility index (Phi) is 7.00. The fourth-order valence-corrected chi connectivity index (χ4v) is 5.10. The maximum atomic E-state index is 13.7. The van der Waals surface area contributed by atoms with Crippen molar-refractivity contribution in [2.45, 2.75) is 63.8 Å². The molecule has 2 amide bonds. The molecular formula is C25H35N5O3. The van der Waals surface area contributed by atoms with E-state index in [4.69, 9.17) is 4.74 Å². The lowest BCUT2D eigenvalue weighted by molar-refractivity contribution is -0.138. The van der Waals surface area contributed by atoms with E-state index in [-0.39, 0.29) is 17.9 Å². The Balaban J connectivity index is 1.40. The number of aromatic nitrogens is 3. The van der Waals surface area contributed by atoms with Crippen LogP contribution in [0.3, 0.4) is 0 Å². The van der Waals surface area contributed by atoms with Crippen molar-refractivity contribution < 1.29 is 14.3 Å². The van der Waals surface area contributed by atoms with Gasteiger partial charge in [0.05, 0.1) is 24.8 Å². The summed E-state index contributed by atoms with van der Waals surface area (Å²) in [7, 11) is 1.66. The lowest BCUT2D eigenvalue weighted by Crippen LogP contribution is -2.48. The molecule has 33 heavy (non-hydrogen) atoms. The lowest BCUT2D eigenvalue weighted by atomic mass is 9.77. The number of carbonyl (C=O) groups excluding carboxylic acids is 2. The molecule has 1 aliphatic carbocycles. The molecule has 1 aliphatic heterocycles. The van der Waals surface area contributed by atoms with Gasteiger partial charge in [0.15, 0.2) is 5.69 Å². The van der Waals surface area contributed by atoms with Gasteiger partial charge in [-0.1, -0.05) is 44.0 Å². The first-order chi connectivity index (χ1) is 15.9. The molecule has 0 atom stereocenters. The first-order valence-corrected chi connectivity index (χ1v) is 12.1. The highest BCUT2D eigenvalue weighted by atomic mass is 16.5. The summed E-state index contributed by atoms with van der Waals surface area (Å²) < 4.78 is 7.09. The molecule has 4 rings (SSSR count). The van der Waals surface area contributed by atoms with Gasteiger partial charge in [0.1, 0.15) is 5.75 Å². The predicted octanol–water partition coefficient (Wildman–Crippen LogP) is 3.35. The van der Waals surface area contributed by atoms with E-state index in [9.17, 15) is 9.59 Å². The van der Waals surface area contributed by atoms with E-state index >= 15 is 0 Å². The van der Waals surface area contributed by atoms with E-state index in [1.54, 1.807) is 18.0 Å². The number of amides is 2. The van der Waals surface area contributed by atoms with Crippen LogP contribution in [0.5, 0.6) is 5.75 Å². The second-order valence-corrected chi connectivity index (χ2v) is 9.73. The summed E-state index contributed by atoms with van der Waals surface area (Å²) in [5, 5.41) is 11.1. The number of likely N-dealkylation sites (tertiary alicyclic amines) is 1. The Labute approximate surface area is 195 Å². The van der Waals surface area contributed by atoms with Gasteiger partial charge in [-0.25, -0.2) is 4.68 Å². The number of methoxy groups -OCH3 is 1. The van der Waals surface area contributed by atoms with Gasteiger partial charge in [0.2, 0.25) is 5.91 Å². The van der Waals surface area contributed by atoms with Crippen LogP contribution < -0.4 is 10.1 Å². The fraction of sp³-hybridized carbons (Fsp3) is 0.600. The molecular weight excluding hydrogens is 418 g/mol. The van der Waals surface area contributed by atoms with Crippen molar-refractivity contribution in [2.24, 2.45) is 5.92 Å². The van der Waals surface area contributed by atoms with Gasteiger partial charge in [-0.05, 0) is 49.3 Å². The van der Waals surface area contributed by atoms with Crippen molar-refractivity contribution in [3.63, 3.8) is 0 Å². The minimum Gasteiger partial charge on any atom is -0.497 e. The van der Waals surface area contributed by atoms with Crippen LogP contribution in [0.1, 0.15) is 74.5 Å². The Bertz CT molecular complexity index is 955. The van der Waals surface area contributed by atoms with Gasteiger partial charge < -0.3 is 15.0 Å². The molecule has 0 bridgehead atoms. The van der Waals surface area contributed by atoms with Gasteiger partial charge in [0.25, 0.3) is 5.91 Å². The third-order valence-electron chi connectivity index (χ3n) is 7.05. The maximum Gasteiger partial charge on any atom is 0.273 e. The fourth-order valence-electron chi connectivity index (χ4n) is 5.10. The third kappa shape index (κ3) is 4.89. The van der Waals surface area contributed by atoms with Crippen molar-refractivity contribution in [2.75, 3.05) is 26.7 Å². The number of hydrogen-bond donors (Lipinski definition) is 1. The van der Waals surface area contributed by atoms with Crippen molar-refractivity contribution in [1.29, 1.82) is 0 Å².